The van der Waals surface area contributed by atoms with Crippen molar-refractivity contribution in [3.8, 4) is 5.75 Å². The van der Waals surface area contributed by atoms with Crippen LogP contribution in [0.2, 0.25) is 0 Å². The smallest absolute Gasteiger partial charge is 0.240 e. The molecule has 2 atom stereocenters. The Kier molecular flexibility index (Phi) is 8.97. The zero-order valence-electron chi connectivity index (χ0n) is 22.4. The van der Waals surface area contributed by atoms with Gasteiger partial charge in [0, 0.05) is 18.5 Å². The maximum absolute atomic E-state index is 12.7. The van der Waals surface area contributed by atoms with Crippen LogP contribution >= 0.6 is 0 Å². The van der Waals surface area contributed by atoms with Crippen LogP contribution in [0.3, 0.4) is 0 Å². The molecule has 0 saturated carbocycles. The summed E-state index contributed by atoms with van der Waals surface area (Å²) in [7, 11) is -3.50. The summed E-state index contributed by atoms with van der Waals surface area (Å²) in [6, 6.07) is 29.9. The fourth-order valence-corrected chi connectivity index (χ4v) is 6.89. The Labute approximate surface area is 232 Å². The fourth-order valence-electron chi connectivity index (χ4n) is 5.78. The second-order valence-corrected chi connectivity index (χ2v) is 12.4. The molecule has 0 fully saturated rings. The van der Waals surface area contributed by atoms with E-state index in [9.17, 15) is 13.5 Å². The number of nitrogens with one attached hydrogen (secondary N) is 2. The van der Waals surface area contributed by atoms with Crippen LogP contribution in [0.4, 0.5) is 0 Å². The standard InChI is InChI=1S/C33H38N2O3S/c36-29-16-18-31-28(23-29)15-19-33(32(31)22-25-10-4-3-5-11-25)34-20-8-1-2-9-21-35-39(37,38)30-17-14-26-12-6-7-13-27(26)24-30/h3-7,10-14,16-18,23-24,32-36H,1-2,8-9,15,19-22H2. The molecule has 2 unspecified atom stereocenters. The van der Waals surface area contributed by atoms with Crippen LogP contribution in [0, 0.1) is 0 Å². The van der Waals surface area contributed by atoms with Gasteiger partial charge in [0.2, 0.25) is 10.0 Å². The minimum Gasteiger partial charge on any atom is -0.508 e. The number of hydrogen-bond acceptors (Lipinski definition) is 4. The number of aryl methyl sites for hydroxylation is 1. The number of aromatic hydroxyl groups is 1. The average molecular weight is 543 g/mol. The molecule has 3 N–H and O–H groups in total. The highest BCUT2D eigenvalue weighted by molar-refractivity contribution is 7.89. The fraction of sp³-hybridized carbons (Fsp3) is 0.333. The van der Waals surface area contributed by atoms with Gasteiger partial charge in [-0.15, -0.1) is 0 Å². The van der Waals surface area contributed by atoms with E-state index in [1.165, 1.54) is 16.7 Å². The molecule has 0 radical (unpaired) electrons. The molecule has 4 aromatic carbocycles. The highest BCUT2D eigenvalue weighted by Gasteiger charge is 2.29. The van der Waals surface area contributed by atoms with E-state index in [0.29, 0.717) is 29.1 Å². The van der Waals surface area contributed by atoms with E-state index in [-0.39, 0.29) is 0 Å². The Bertz CT molecular complexity index is 1490. The summed E-state index contributed by atoms with van der Waals surface area (Å²) in [5.41, 5.74) is 3.94. The lowest BCUT2D eigenvalue weighted by Gasteiger charge is -2.35. The maximum Gasteiger partial charge on any atom is 0.240 e. The molecular weight excluding hydrogens is 504 g/mol. The summed E-state index contributed by atoms with van der Waals surface area (Å²) in [5, 5.41) is 15.8. The summed E-state index contributed by atoms with van der Waals surface area (Å²) in [6.45, 7) is 1.40. The third kappa shape index (κ3) is 7.07. The second-order valence-electron chi connectivity index (χ2n) is 10.6. The third-order valence-electron chi connectivity index (χ3n) is 7.87. The Balaban J connectivity index is 1.06. The number of hydrogen-bond donors (Lipinski definition) is 3. The lowest BCUT2D eigenvalue weighted by atomic mass is 9.76. The van der Waals surface area contributed by atoms with E-state index in [0.717, 1.165) is 62.3 Å². The highest BCUT2D eigenvalue weighted by atomic mass is 32.2. The van der Waals surface area contributed by atoms with Crippen molar-refractivity contribution >= 4 is 20.8 Å². The van der Waals surface area contributed by atoms with Gasteiger partial charge in [0.05, 0.1) is 4.90 Å². The Morgan fingerprint density at radius 3 is 2.33 bits per heavy atom. The predicted molar refractivity (Wildman–Crippen MR) is 159 cm³/mol. The summed E-state index contributed by atoms with van der Waals surface area (Å²) >= 11 is 0. The number of rotatable bonds is 12. The SMILES string of the molecule is O=S(=O)(NCCCCCCNC1CCc2cc(O)ccc2C1Cc1ccccc1)c1ccc2ccccc2c1. The van der Waals surface area contributed by atoms with E-state index in [1.54, 1.807) is 12.1 Å². The number of fused-ring (bicyclic) bond motifs is 2. The lowest BCUT2D eigenvalue weighted by molar-refractivity contribution is 0.378. The number of unbranched alkanes of at least 4 members (excludes halogenated alkanes) is 3. The zero-order chi connectivity index (χ0) is 27.1. The first kappa shape index (κ1) is 27.4. The van der Waals surface area contributed by atoms with Gasteiger partial charge in [-0.3, -0.25) is 0 Å². The molecule has 1 aliphatic carbocycles. The molecule has 204 valence electrons. The first-order valence-corrected chi connectivity index (χ1v) is 15.6. The minimum absolute atomic E-state index is 0.319. The Morgan fingerprint density at radius 1 is 0.769 bits per heavy atom. The van der Waals surface area contributed by atoms with Crippen molar-refractivity contribution in [2.45, 2.75) is 61.8 Å². The maximum atomic E-state index is 12.7. The Hall–Kier alpha value is -3.19. The summed E-state index contributed by atoms with van der Waals surface area (Å²) in [5.74, 6) is 0.722. The second kappa shape index (κ2) is 12.8. The quantitative estimate of drug-likeness (QED) is 0.183. The first-order chi connectivity index (χ1) is 19.0. The molecule has 0 saturated heterocycles. The van der Waals surface area contributed by atoms with Crippen molar-refractivity contribution in [1.29, 1.82) is 0 Å². The van der Waals surface area contributed by atoms with Gasteiger partial charge in [0.15, 0.2) is 0 Å². The number of sulfonamides is 1. The number of phenols is 1. The van der Waals surface area contributed by atoms with Crippen molar-refractivity contribution in [2.75, 3.05) is 13.1 Å². The lowest BCUT2D eigenvalue weighted by Crippen LogP contribution is -2.39. The van der Waals surface area contributed by atoms with Crippen molar-refractivity contribution in [1.82, 2.24) is 10.0 Å². The van der Waals surface area contributed by atoms with Crippen LogP contribution < -0.4 is 10.0 Å². The molecule has 0 bridgehead atoms. The van der Waals surface area contributed by atoms with Gasteiger partial charge in [-0.2, -0.15) is 0 Å². The zero-order valence-corrected chi connectivity index (χ0v) is 23.2. The third-order valence-corrected chi connectivity index (χ3v) is 9.33. The normalized spacial score (nSPS) is 17.2. The van der Waals surface area contributed by atoms with Gasteiger partial charge in [-0.05, 0) is 90.4 Å². The van der Waals surface area contributed by atoms with Gasteiger partial charge < -0.3 is 10.4 Å². The highest BCUT2D eigenvalue weighted by Crippen LogP contribution is 2.36. The molecule has 39 heavy (non-hydrogen) atoms. The molecule has 4 aromatic rings. The van der Waals surface area contributed by atoms with E-state index >= 15 is 0 Å². The number of phenolic OH excluding ortho intramolecular Hbond substituents is 1. The molecule has 5 rings (SSSR count). The molecule has 0 amide bonds. The molecule has 0 aliphatic heterocycles. The van der Waals surface area contributed by atoms with E-state index < -0.39 is 10.0 Å². The van der Waals surface area contributed by atoms with Crippen LogP contribution in [0.25, 0.3) is 10.8 Å². The van der Waals surface area contributed by atoms with Crippen molar-refractivity contribution < 1.29 is 13.5 Å². The van der Waals surface area contributed by atoms with Crippen LogP contribution in [-0.4, -0.2) is 32.7 Å². The van der Waals surface area contributed by atoms with E-state index in [2.05, 4.69) is 46.4 Å². The molecule has 1 aliphatic rings. The average Bonchev–Trinajstić information content (AvgIpc) is 2.95. The van der Waals surface area contributed by atoms with Gasteiger partial charge in [-0.25, -0.2) is 13.1 Å². The van der Waals surface area contributed by atoms with Gasteiger partial charge in [-0.1, -0.05) is 79.6 Å². The molecule has 6 heteroatoms. The van der Waals surface area contributed by atoms with Crippen LogP contribution in [0.15, 0.2) is 95.9 Å². The summed E-state index contributed by atoms with van der Waals surface area (Å²) in [4.78, 5) is 0.319. The molecule has 0 aromatic heterocycles. The Morgan fingerprint density at radius 2 is 1.51 bits per heavy atom. The largest absolute Gasteiger partial charge is 0.508 e. The predicted octanol–water partition coefficient (Wildman–Crippen LogP) is 6.32. The van der Waals surface area contributed by atoms with E-state index in [1.807, 2.05) is 42.5 Å². The molecule has 5 nitrogen and oxygen atoms in total. The first-order valence-electron chi connectivity index (χ1n) is 14.1. The summed E-state index contributed by atoms with van der Waals surface area (Å²) in [6.07, 6.45) is 6.95. The van der Waals surface area contributed by atoms with Crippen LogP contribution in [0.1, 0.15) is 54.7 Å². The monoisotopic (exact) mass is 542 g/mol. The topological polar surface area (TPSA) is 78.4 Å². The van der Waals surface area contributed by atoms with Gasteiger partial charge >= 0.3 is 0 Å². The number of benzene rings is 4. The van der Waals surface area contributed by atoms with Crippen molar-refractivity contribution in [3.05, 3.63) is 108 Å². The molecule has 0 spiro atoms. The van der Waals surface area contributed by atoms with Crippen LogP contribution in [-0.2, 0) is 22.9 Å². The van der Waals surface area contributed by atoms with Crippen LogP contribution in [0.5, 0.6) is 5.75 Å². The van der Waals surface area contributed by atoms with Crippen molar-refractivity contribution in [3.63, 3.8) is 0 Å². The van der Waals surface area contributed by atoms with Gasteiger partial charge in [0.1, 0.15) is 5.75 Å². The molecular formula is C33H38N2O3S. The summed E-state index contributed by atoms with van der Waals surface area (Å²) < 4.78 is 28.2. The van der Waals surface area contributed by atoms with Crippen molar-refractivity contribution in [2.24, 2.45) is 0 Å². The van der Waals surface area contributed by atoms with E-state index in [4.69, 9.17) is 0 Å². The van der Waals surface area contributed by atoms with Gasteiger partial charge in [0.25, 0.3) is 0 Å². The minimum atomic E-state index is -3.50. The molecule has 0 heterocycles.